The summed E-state index contributed by atoms with van der Waals surface area (Å²) in [5, 5.41) is 23.5. The molecule has 1 fully saturated rings. The summed E-state index contributed by atoms with van der Waals surface area (Å²) < 4.78 is 29.6. The third-order valence-electron chi connectivity index (χ3n) is 6.18. The fourth-order valence-corrected chi connectivity index (χ4v) is 3.72. The molecule has 0 bridgehead atoms. The molecule has 1 atom stereocenters. The van der Waals surface area contributed by atoms with E-state index in [9.17, 15) is 18.7 Å². The normalized spacial score (nSPS) is 15.0. The van der Waals surface area contributed by atoms with E-state index < -0.39 is 11.4 Å². The van der Waals surface area contributed by atoms with Crippen LogP contribution in [0.2, 0.25) is 0 Å². The molecule has 3 aromatic rings. The number of aromatic nitrogens is 2. The van der Waals surface area contributed by atoms with Gasteiger partial charge in [0.1, 0.15) is 11.6 Å². The Morgan fingerprint density at radius 1 is 1.27 bits per heavy atom. The molecule has 2 heterocycles. The maximum Gasteiger partial charge on any atom is 0.266 e. The average molecular weight is 453 g/mol. The lowest BCUT2D eigenvalue weighted by Crippen LogP contribution is -2.33. The monoisotopic (exact) mass is 453 g/mol. The van der Waals surface area contributed by atoms with Crippen LogP contribution in [0.25, 0.3) is 5.69 Å². The van der Waals surface area contributed by atoms with Gasteiger partial charge in [-0.2, -0.15) is 0 Å². The van der Waals surface area contributed by atoms with Crippen molar-refractivity contribution in [3.05, 3.63) is 81.9 Å². The van der Waals surface area contributed by atoms with Crippen molar-refractivity contribution >= 4 is 17.7 Å². The van der Waals surface area contributed by atoms with Crippen LogP contribution in [-0.2, 0) is 6.54 Å². The third kappa shape index (κ3) is 4.63. The van der Waals surface area contributed by atoms with Crippen molar-refractivity contribution in [3.63, 3.8) is 0 Å². The first-order valence-electron chi connectivity index (χ1n) is 10.6. The first-order chi connectivity index (χ1) is 15.9. The predicted octanol–water partition coefficient (Wildman–Crippen LogP) is 3.69. The highest BCUT2D eigenvalue weighted by Crippen LogP contribution is 2.48. The standard InChI is InChI=1S/C24H25F2N5O2/c1-24(7-8-24)21(14-32)30-22-10-20(18(26)13-29-22)31-9-6-19(16(11-27)23(31)33)28-12-15-4-2-3-5-17(15)25/h2-6,9-11,13,21,27-28,32H,7-8,12,14H2,1H3,(H,29,30). The molecule has 0 aliphatic heterocycles. The number of rotatable bonds is 9. The zero-order chi connectivity index (χ0) is 23.6. The van der Waals surface area contributed by atoms with E-state index in [2.05, 4.69) is 22.5 Å². The van der Waals surface area contributed by atoms with E-state index in [1.54, 1.807) is 18.2 Å². The molecule has 4 N–H and O–H groups in total. The van der Waals surface area contributed by atoms with Crippen LogP contribution in [0.4, 0.5) is 20.3 Å². The van der Waals surface area contributed by atoms with Gasteiger partial charge < -0.3 is 21.1 Å². The molecular formula is C24H25F2N5O2. The van der Waals surface area contributed by atoms with E-state index in [1.165, 1.54) is 24.4 Å². The average Bonchev–Trinajstić information content (AvgIpc) is 3.56. The number of hydrogen-bond acceptors (Lipinski definition) is 6. The van der Waals surface area contributed by atoms with Crippen LogP contribution in [0.5, 0.6) is 0 Å². The number of nitrogens with one attached hydrogen (secondary N) is 3. The zero-order valence-corrected chi connectivity index (χ0v) is 18.1. The van der Waals surface area contributed by atoms with E-state index >= 15 is 0 Å². The van der Waals surface area contributed by atoms with Gasteiger partial charge in [0.25, 0.3) is 5.56 Å². The minimum absolute atomic E-state index is 0.0123. The number of nitrogens with zero attached hydrogens (tertiary/aromatic N) is 2. The van der Waals surface area contributed by atoms with Gasteiger partial charge in [0.05, 0.1) is 35.8 Å². The maximum atomic E-state index is 14.6. The Balaban J connectivity index is 1.63. The van der Waals surface area contributed by atoms with E-state index in [0.717, 1.165) is 29.8 Å². The molecule has 0 radical (unpaired) electrons. The molecule has 0 spiro atoms. The molecule has 1 aliphatic rings. The molecule has 9 heteroatoms. The summed E-state index contributed by atoms with van der Waals surface area (Å²) in [5.41, 5.74) is 0.0889. The summed E-state index contributed by atoms with van der Waals surface area (Å²) >= 11 is 0. The Kier molecular flexibility index (Phi) is 6.24. The number of hydrogen-bond donors (Lipinski definition) is 4. The lowest BCUT2D eigenvalue weighted by molar-refractivity contribution is 0.235. The van der Waals surface area contributed by atoms with Gasteiger partial charge in [0, 0.05) is 30.6 Å². The molecular weight excluding hydrogens is 428 g/mol. The molecule has 1 aromatic carbocycles. The Bertz CT molecular complexity index is 1240. The highest BCUT2D eigenvalue weighted by molar-refractivity contribution is 5.85. The van der Waals surface area contributed by atoms with Gasteiger partial charge in [-0.1, -0.05) is 25.1 Å². The van der Waals surface area contributed by atoms with E-state index in [1.807, 2.05) is 0 Å². The van der Waals surface area contributed by atoms with Crippen molar-refractivity contribution in [2.45, 2.75) is 32.4 Å². The molecule has 0 amide bonds. The Labute approximate surface area is 189 Å². The Hall–Kier alpha value is -3.59. The van der Waals surface area contributed by atoms with E-state index in [0.29, 0.717) is 17.1 Å². The van der Waals surface area contributed by atoms with Crippen LogP contribution < -0.4 is 16.2 Å². The lowest BCUT2D eigenvalue weighted by Gasteiger charge is -2.23. The Morgan fingerprint density at radius 3 is 2.70 bits per heavy atom. The summed E-state index contributed by atoms with van der Waals surface area (Å²) in [7, 11) is 0. The molecule has 1 saturated carbocycles. The number of pyridine rings is 2. The summed E-state index contributed by atoms with van der Waals surface area (Å²) in [6.45, 7) is 2.08. The molecule has 0 saturated heterocycles. The second-order valence-electron chi connectivity index (χ2n) is 8.46. The van der Waals surface area contributed by atoms with Crippen LogP contribution in [0.3, 0.4) is 0 Å². The van der Waals surface area contributed by atoms with E-state index in [4.69, 9.17) is 5.41 Å². The number of aliphatic hydroxyl groups is 1. The highest BCUT2D eigenvalue weighted by atomic mass is 19.1. The van der Waals surface area contributed by atoms with Gasteiger partial charge in [0.2, 0.25) is 0 Å². The lowest BCUT2D eigenvalue weighted by atomic mass is 10.00. The highest BCUT2D eigenvalue weighted by Gasteiger charge is 2.44. The van der Waals surface area contributed by atoms with Gasteiger partial charge in [0.15, 0.2) is 5.82 Å². The van der Waals surface area contributed by atoms with Gasteiger partial charge >= 0.3 is 0 Å². The van der Waals surface area contributed by atoms with Crippen molar-refractivity contribution in [1.29, 1.82) is 5.41 Å². The number of halogens is 2. The number of aliphatic hydroxyl groups excluding tert-OH is 1. The quantitative estimate of drug-likeness (QED) is 0.370. The van der Waals surface area contributed by atoms with Crippen molar-refractivity contribution in [2.24, 2.45) is 5.41 Å². The number of anilines is 2. The summed E-state index contributed by atoms with van der Waals surface area (Å²) in [6, 6.07) is 8.97. The molecule has 1 unspecified atom stereocenters. The first-order valence-corrected chi connectivity index (χ1v) is 10.6. The smallest absolute Gasteiger partial charge is 0.266 e. The van der Waals surface area contributed by atoms with Crippen molar-refractivity contribution in [3.8, 4) is 5.69 Å². The topological polar surface area (TPSA) is 103 Å². The minimum atomic E-state index is -0.705. The fourth-order valence-electron chi connectivity index (χ4n) is 3.72. The van der Waals surface area contributed by atoms with E-state index in [-0.39, 0.29) is 41.7 Å². The second kappa shape index (κ2) is 9.11. The van der Waals surface area contributed by atoms with Crippen LogP contribution >= 0.6 is 0 Å². The van der Waals surface area contributed by atoms with Gasteiger partial charge in [-0.3, -0.25) is 9.36 Å². The Morgan fingerprint density at radius 2 is 2.03 bits per heavy atom. The molecule has 172 valence electrons. The molecule has 7 nitrogen and oxygen atoms in total. The van der Waals surface area contributed by atoms with Crippen LogP contribution in [0, 0.1) is 22.5 Å². The number of benzene rings is 1. The second-order valence-corrected chi connectivity index (χ2v) is 8.46. The molecule has 4 rings (SSSR count). The molecule has 33 heavy (non-hydrogen) atoms. The van der Waals surface area contributed by atoms with Gasteiger partial charge in [-0.25, -0.2) is 13.8 Å². The molecule has 2 aromatic heterocycles. The zero-order valence-electron chi connectivity index (χ0n) is 18.1. The summed E-state index contributed by atoms with van der Waals surface area (Å²) in [4.78, 5) is 17.1. The third-order valence-corrected chi connectivity index (χ3v) is 6.18. The SMILES string of the molecule is CC1(C(CO)Nc2cc(-n3ccc(NCc4ccccc4F)c(C=N)c3=O)c(F)cn2)CC1. The minimum Gasteiger partial charge on any atom is -0.394 e. The van der Waals surface area contributed by atoms with Crippen molar-refractivity contribution in [1.82, 2.24) is 9.55 Å². The predicted molar refractivity (Wildman–Crippen MR) is 123 cm³/mol. The van der Waals surface area contributed by atoms with Crippen LogP contribution in [0.1, 0.15) is 30.9 Å². The van der Waals surface area contributed by atoms with Crippen molar-refractivity contribution < 1.29 is 13.9 Å². The van der Waals surface area contributed by atoms with Gasteiger partial charge in [-0.05, 0) is 30.4 Å². The van der Waals surface area contributed by atoms with Crippen LogP contribution in [0.15, 0.2) is 53.6 Å². The summed E-state index contributed by atoms with van der Waals surface area (Å²) in [5.74, 6) is -0.748. The largest absolute Gasteiger partial charge is 0.394 e. The van der Waals surface area contributed by atoms with Crippen molar-refractivity contribution in [2.75, 3.05) is 17.2 Å². The molecule has 1 aliphatic carbocycles. The fraction of sp³-hybridized carbons (Fsp3) is 0.292. The summed E-state index contributed by atoms with van der Waals surface area (Å²) in [6.07, 6.45) is 5.25. The van der Waals surface area contributed by atoms with Crippen LogP contribution in [-0.4, -0.2) is 33.5 Å². The van der Waals surface area contributed by atoms with Gasteiger partial charge in [-0.15, -0.1) is 0 Å². The first kappa shape index (κ1) is 22.6. The maximum absolute atomic E-state index is 14.6.